The third kappa shape index (κ3) is 3.79. The highest BCUT2D eigenvalue weighted by Gasteiger charge is 2.09. The topological polar surface area (TPSA) is 60.2 Å². The van der Waals surface area contributed by atoms with Crippen molar-refractivity contribution < 1.29 is 9.84 Å². The molecule has 1 unspecified atom stereocenters. The van der Waals surface area contributed by atoms with E-state index in [4.69, 9.17) is 4.74 Å². The first-order valence-corrected chi connectivity index (χ1v) is 6.33. The van der Waals surface area contributed by atoms with Crippen LogP contribution < -0.4 is 4.74 Å². The smallest absolute Gasteiger partial charge is 0.138 e. The van der Waals surface area contributed by atoms with E-state index in [9.17, 15) is 5.11 Å². The Morgan fingerprint density at radius 2 is 2.05 bits per heavy atom. The van der Waals surface area contributed by atoms with Gasteiger partial charge in [-0.2, -0.15) is 5.10 Å². The van der Waals surface area contributed by atoms with Crippen LogP contribution in [0.1, 0.15) is 17.8 Å². The number of hydrogen-bond acceptors (Lipinski definition) is 4. The van der Waals surface area contributed by atoms with Gasteiger partial charge in [0.05, 0.1) is 13.2 Å². The molecule has 0 amide bonds. The van der Waals surface area contributed by atoms with Crippen molar-refractivity contribution in [1.82, 2.24) is 14.8 Å². The Labute approximate surface area is 112 Å². The van der Waals surface area contributed by atoms with Crippen LogP contribution in [0.5, 0.6) is 5.75 Å². The lowest BCUT2D eigenvalue weighted by Gasteiger charge is -2.10. The number of nitrogens with zero attached hydrogens (tertiary/aromatic N) is 3. The van der Waals surface area contributed by atoms with Crippen LogP contribution in [0.2, 0.25) is 0 Å². The fourth-order valence-electron chi connectivity index (χ4n) is 1.94. The molecule has 1 N–H and O–H groups in total. The summed E-state index contributed by atoms with van der Waals surface area (Å²) in [5.74, 6) is 1.66. The van der Waals surface area contributed by atoms with Gasteiger partial charge in [-0.15, -0.1) is 0 Å². The fourth-order valence-corrected chi connectivity index (χ4v) is 1.94. The Morgan fingerprint density at radius 1 is 1.32 bits per heavy atom. The molecule has 1 aromatic carbocycles. The van der Waals surface area contributed by atoms with Crippen molar-refractivity contribution in [3.8, 4) is 5.75 Å². The third-order valence-corrected chi connectivity index (χ3v) is 3.15. The van der Waals surface area contributed by atoms with E-state index in [0.717, 1.165) is 18.0 Å². The zero-order valence-electron chi connectivity index (χ0n) is 11.3. The number of aliphatic hydroxyl groups excluding tert-OH is 1. The van der Waals surface area contributed by atoms with Crippen LogP contribution >= 0.6 is 0 Å². The van der Waals surface area contributed by atoms with Crippen LogP contribution in [0.3, 0.4) is 0 Å². The van der Waals surface area contributed by atoms with E-state index in [1.807, 2.05) is 31.3 Å². The summed E-state index contributed by atoms with van der Waals surface area (Å²) >= 11 is 0. The molecule has 19 heavy (non-hydrogen) atoms. The van der Waals surface area contributed by atoms with Gasteiger partial charge in [0.1, 0.15) is 17.9 Å². The fraction of sp³-hybridized carbons (Fsp3) is 0.429. The van der Waals surface area contributed by atoms with Crippen molar-refractivity contribution in [2.75, 3.05) is 7.11 Å². The van der Waals surface area contributed by atoms with Gasteiger partial charge in [-0.05, 0) is 30.5 Å². The molecule has 2 rings (SSSR count). The van der Waals surface area contributed by atoms with E-state index in [0.29, 0.717) is 12.8 Å². The maximum Gasteiger partial charge on any atom is 0.138 e. The van der Waals surface area contributed by atoms with E-state index in [1.54, 1.807) is 11.8 Å². The number of ether oxygens (including phenoxy) is 1. The second-order valence-corrected chi connectivity index (χ2v) is 4.54. The molecule has 102 valence electrons. The Balaban J connectivity index is 1.82. The van der Waals surface area contributed by atoms with Crippen LogP contribution in [0.25, 0.3) is 0 Å². The van der Waals surface area contributed by atoms with E-state index in [1.165, 1.54) is 11.9 Å². The van der Waals surface area contributed by atoms with Gasteiger partial charge in [0, 0.05) is 13.5 Å². The Kier molecular flexibility index (Phi) is 4.52. The van der Waals surface area contributed by atoms with Crippen molar-refractivity contribution in [3.63, 3.8) is 0 Å². The first-order chi connectivity index (χ1) is 9.19. The van der Waals surface area contributed by atoms with Crippen LogP contribution in [-0.4, -0.2) is 33.1 Å². The summed E-state index contributed by atoms with van der Waals surface area (Å²) in [6.07, 6.45) is 3.19. The predicted octanol–water partition coefficient (Wildman–Crippen LogP) is 1.36. The van der Waals surface area contributed by atoms with Crippen molar-refractivity contribution in [3.05, 3.63) is 42.0 Å². The molecule has 1 atom stereocenters. The quantitative estimate of drug-likeness (QED) is 0.853. The normalized spacial score (nSPS) is 12.4. The van der Waals surface area contributed by atoms with Crippen molar-refractivity contribution in [1.29, 1.82) is 0 Å². The lowest BCUT2D eigenvalue weighted by Crippen LogP contribution is -2.15. The zero-order valence-corrected chi connectivity index (χ0v) is 11.3. The largest absolute Gasteiger partial charge is 0.497 e. The lowest BCUT2D eigenvalue weighted by atomic mass is 10.0. The van der Waals surface area contributed by atoms with Crippen LogP contribution in [0.4, 0.5) is 0 Å². The molecule has 0 aliphatic carbocycles. The van der Waals surface area contributed by atoms with Crippen LogP contribution in [-0.2, 0) is 19.9 Å². The number of benzene rings is 1. The minimum Gasteiger partial charge on any atom is -0.497 e. The minimum absolute atomic E-state index is 0.398. The second-order valence-electron chi connectivity index (χ2n) is 4.54. The number of aromatic nitrogens is 3. The van der Waals surface area contributed by atoms with Gasteiger partial charge < -0.3 is 9.84 Å². The van der Waals surface area contributed by atoms with Crippen molar-refractivity contribution in [2.24, 2.45) is 7.05 Å². The summed E-state index contributed by atoms with van der Waals surface area (Å²) in [7, 11) is 3.48. The maximum absolute atomic E-state index is 10.0. The molecular formula is C14H19N3O2. The van der Waals surface area contributed by atoms with E-state index >= 15 is 0 Å². The predicted molar refractivity (Wildman–Crippen MR) is 72.0 cm³/mol. The first kappa shape index (κ1) is 13.5. The average molecular weight is 261 g/mol. The summed E-state index contributed by atoms with van der Waals surface area (Å²) in [6, 6.07) is 7.91. The number of hydrogen-bond donors (Lipinski definition) is 1. The van der Waals surface area contributed by atoms with Gasteiger partial charge in [-0.25, -0.2) is 4.98 Å². The lowest BCUT2D eigenvalue weighted by molar-refractivity contribution is 0.161. The molecule has 5 heteroatoms. The molecule has 0 fully saturated rings. The molecular weight excluding hydrogens is 242 g/mol. The monoisotopic (exact) mass is 261 g/mol. The van der Waals surface area contributed by atoms with Gasteiger partial charge in [0.15, 0.2) is 0 Å². The van der Waals surface area contributed by atoms with E-state index in [-0.39, 0.29) is 0 Å². The van der Waals surface area contributed by atoms with Crippen LogP contribution in [0.15, 0.2) is 30.6 Å². The number of rotatable bonds is 6. The summed E-state index contributed by atoms with van der Waals surface area (Å²) in [5.41, 5.74) is 1.19. The second kappa shape index (κ2) is 6.33. The SMILES string of the molecule is COc1ccc(CCC(O)Cc2ncnn2C)cc1. The Bertz CT molecular complexity index is 508. The summed E-state index contributed by atoms with van der Waals surface area (Å²) in [5, 5.41) is 14.0. The van der Waals surface area contributed by atoms with Gasteiger partial charge in [0.25, 0.3) is 0 Å². The van der Waals surface area contributed by atoms with Crippen molar-refractivity contribution in [2.45, 2.75) is 25.4 Å². The zero-order chi connectivity index (χ0) is 13.7. The van der Waals surface area contributed by atoms with Gasteiger partial charge in [0.2, 0.25) is 0 Å². The molecule has 1 heterocycles. The Morgan fingerprint density at radius 3 is 2.63 bits per heavy atom. The highest BCUT2D eigenvalue weighted by atomic mass is 16.5. The molecule has 5 nitrogen and oxygen atoms in total. The number of aryl methyl sites for hydroxylation is 2. The minimum atomic E-state index is -0.398. The molecule has 0 aliphatic rings. The third-order valence-electron chi connectivity index (χ3n) is 3.15. The molecule has 0 saturated carbocycles. The van der Waals surface area contributed by atoms with Gasteiger partial charge in [-0.3, -0.25) is 4.68 Å². The number of aliphatic hydroxyl groups is 1. The maximum atomic E-state index is 10.0. The molecule has 0 saturated heterocycles. The molecule has 1 aromatic heterocycles. The standard InChI is InChI=1S/C14H19N3O2/c1-17-14(15-10-16-17)9-12(18)6-3-11-4-7-13(19-2)8-5-11/h4-5,7-8,10,12,18H,3,6,9H2,1-2H3. The van der Waals surface area contributed by atoms with Crippen LogP contribution in [0, 0.1) is 0 Å². The van der Waals surface area contributed by atoms with E-state index < -0.39 is 6.10 Å². The molecule has 0 radical (unpaired) electrons. The molecule has 0 spiro atoms. The molecule has 2 aromatic rings. The highest BCUT2D eigenvalue weighted by Crippen LogP contribution is 2.14. The molecule has 0 bridgehead atoms. The first-order valence-electron chi connectivity index (χ1n) is 6.33. The highest BCUT2D eigenvalue weighted by molar-refractivity contribution is 5.27. The van der Waals surface area contributed by atoms with Crippen molar-refractivity contribution >= 4 is 0 Å². The van der Waals surface area contributed by atoms with Gasteiger partial charge >= 0.3 is 0 Å². The average Bonchev–Trinajstić information content (AvgIpc) is 2.82. The van der Waals surface area contributed by atoms with E-state index in [2.05, 4.69) is 10.1 Å². The summed E-state index contributed by atoms with van der Waals surface area (Å²) in [6.45, 7) is 0. The molecule has 0 aliphatic heterocycles. The number of methoxy groups -OCH3 is 1. The Hall–Kier alpha value is -1.88. The summed E-state index contributed by atoms with van der Waals surface area (Å²) in [4.78, 5) is 4.11. The van der Waals surface area contributed by atoms with Gasteiger partial charge in [-0.1, -0.05) is 12.1 Å². The summed E-state index contributed by atoms with van der Waals surface area (Å²) < 4.78 is 6.80.